The van der Waals surface area contributed by atoms with Crippen LogP contribution in [0.15, 0.2) is 60.8 Å². The molecule has 1 aliphatic rings. The van der Waals surface area contributed by atoms with Crippen LogP contribution in [0.4, 0.5) is 4.39 Å². The lowest BCUT2D eigenvalue weighted by molar-refractivity contribution is 0.525. The number of aromatic amines is 1. The summed E-state index contributed by atoms with van der Waals surface area (Å²) in [5, 5.41) is 4.91. The topological polar surface area (TPSA) is 27.8 Å². The first-order valence-electron chi connectivity index (χ1n) is 9.11. The summed E-state index contributed by atoms with van der Waals surface area (Å²) in [4.78, 5) is 3.35. The molecule has 26 heavy (non-hydrogen) atoms. The molecule has 1 aromatic heterocycles. The van der Waals surface area contributed by atoms with E-state index in [0.717, 1.165) is 36.5 Å². The van der Waals surface area contributed by atoms with Crippen LogP contribution >= 0.6 is 11.8 Å². The molecule has 1 atom stereocenters. The quantitative estimate of drug-likeness (QED) is 0.574. The second kappa shape index (κ2) is 8.11. The van der Waals surface area contributed by atoms with E-state index in [1.54, 1.807) is 12.1 Å². The van der Waals surface area contributed by atoms with Crippen molar-refractivity contribution in [3.63, 3.8) is 0 Å². The zero-order chi connectivity index (χ0) is 17.8. The minimum atomic E-state index is -0.173. The van der Waals surface area contributed by atoms with Gasteiger partial charge in [-0.2, -0.15) is 11.8 Å². The maximum absolute atomic E-state index is 13.1. The highest BCUT2D eigenvalue weighted by Crippen LogP contribution is 2.26. The van der Waals surface area contributed by atoms with E-state index < -0.39 is 0 Å². The normalized spacial score (nSPS) is 17.4. The Labute approximate surface area is 157 Å². The smallest absolute Gasteiger partial charge is 0.123 e. The average molecular weight is 367 g/mol. The van der Waals surface area contributed by atoms with Gasteiger partial charge in [0, 0.05) is 35.4 Å². The van der Waals surface area contributed by atoms with Crippen molar-refractivity contribution >= 4 is 28.2 Å². The Morgan fingerprint density at radius 1 is 1.08 bits per heavy atom. The first kappa shape index (κ1) is 17.4. The lowest BCUT2D eigenvalue weighted by atomic mass is 9.94. The van der Waals surface area contributed by atoms with Crippen molar-refractivity contribution in [1.29, 1.82) is 0 Å². The summed E-state index contributed by atoms with van der Waals surface area (Å²) in [6, 6.07) is 15.8. The Kier molecular flexibility index (Phi) is 5.42. The van der Waals surface area contributed by atoms with Crippen molar-refractivity contribution < 1.29 is 4.39 Å². The number of nitrogens with one attached hydrogen (secondary N) is 2. The summed E-state index contributed by atoms with van der Waals surface area (Å²) in [5.41, 5.74) is 5.07. The predicted octanol–water partition coefficient (Wildman–Crippen LogP) is 5.38. The molecule has 3 aromatic rings. The van der Waals surface area contributed by atoms with Crippen LogP contribution in [0.1, 0.15) is 24.0 Å². The lowest BCUT2D eigenvalue weighted by Gasteiger charge is -2.24. The third-order valence-corrected chi connectivity index (χ3v) is 6.02. The second-order valence-corrected chi connectivity index (χ2v) is 7.85. The number of hydrogen-bond acceptors (Lipinski definition) is 2. The Balaban J connectivity index is 1.27. The van der Waals surface area contributed by atoms with Crippen molar-refractivity contribution in [2.45, 2.75) is 24.6 Å². The second-order valence-electron chi connectivity index (χ2n) is 6.75. The first-order valence-corrected chi connectivity index (χ1v) is 10.3. The Morgan fingerprint density at radius 3 is 2.81 bits per heavy atom. The molecule has 0 saturated carbocycles. The van der Waals surface area contributed by atoms with E-state index in [9.17, 15) is 4.39 Å². The number of thioether (sulfide) groups is 1. The van der Waals surface area contributed by atoms with Gasteiger partial charge in [-0.25, -0.2) is 4.39 Å². The molecule has 1 aliphatic heterocycles. The first-order chi connectivity index (χ1) is 12.8. The minimum absolute atomic E-state index is 0.173. The lowest BCUT2D eigenvalue weighted by Crippen LogP contribution is -2.33. The van der Waals surface area contributed by atoms with Crippen molar-refractivity contribution in [3.8, 4) is 0 Å². The van der Waals surface area contributed by atoms with Crippen molar-refractivity contribution in [1.82, 2.24) is 10.3 Å². The fraction of sp³-hybridized carbons (Fsp3) is 0.273. The number of halogens is 1. The number of aromatic nitrogens is 1. The van der Waals surface area contributed by atoms with Crippen LogP contribution in [0.25, 0.3) is 16.5 Å². The Bertz CT molecular complexity index is 898. The van der Waals surface area contributed by atoms with E-state index in [-0.39, 0.29) is 5.82 Å². The van der Waals surface area contributed by atoms with Crippen LogP contribution in [0.2, 0.25) is 0 Å². The predicted molar refractivity (Wildman–Crippen MR) is 110 cm³/mol. The van der Waals surface area contributed by atoms with E-state index in [0.29, 0.717) is 6.04 Å². The molecule has 4 heteroatoms. The molecule has 0 saturated heterocycles. The fourth-order valence-corrected chi connectivity index (χ4v) is 4.59. The van der Waals surface area contributed by atoms with Crippen molar-refractivity contribution in [2.75, 3.05) is 12.3 Å². The summed E-state index contributed by atoms with van der Waals surface area (Å²) in [7, 11) is 0. The molecule has 134 valence electrons. The third-order valence-electron chi connectivity index (χ3n) is 4.98. The summed E-state index contributed by atoms with van der Waals surface area (Å²) in [6.45, 7) is 0.893. The van der Waals surface area contributed by atoms with Gasteiger partial charge in [0.1, 0.15) is 5.82 Å². The molecule has 2 nitrogen and oxygen atoms in total. The molecule has 0 aliphatic carbocycles. The van der Waals surface area contributed by atoms with E-state index in [1.807, 2.05) is 23.9 Å². The molecule has 0 bridgehead atoms. The molecule has 0 radical (unpaired) electrons. The molecular weight excluding hydrogens is 343 g/mol. The molecule has 1 unspecified atom stereocenters. The van der Waals surface area contributed by atoms with Gasteiger partial charge in [0.2, 0.25) is 0 Å². The summed E-state index contributed by atoms with van der Waals surface area (Å²) >= 11 is 1.99. The highest BCUT2D eigenvalue weighted by atomic mass is 32.2. The van der Waals surface area contributed by atoms with Crippen molar-refractivity contribution in [2.24, 2.45) is 0 Å². The maximum atomic E-state index is 13.1. The van der Waals surface area contributed by atoms with Crippen LogP contribution in [0, 0.1) is 5.82 Å². The van der Waals surface area contributed by atoms with Crippen LogP contribution < -0.4 is 5.32 Å². The number of fused-ring (bicyclic) bond motifs is 1. The SMILES string of the molecule is Fc1ccc(C2=CCNC(CCSCc3c[nH]c4ccccc34)C2)cc1. The molecule has 0 amide bonds. The number of rotatable bonds is 6. The molecular formula is C22H23FN2S. The zero-order valence-electron chi connectivity index (χ0n) is 14.7. The summed E-state index contributed by atoms with van der Waals surface area (Å²) in [6.07, 6.45) is 6.51. The molecule has 2 N–H and O–H groups in total. The van der Waals surface area contributed by atoms with E-state index >= 15 is 0 Å². The zero-order valence-corrected chi connectivity index (χ0v) is 15.5. The van der Waals surface area contributed by atoms with E-state index in [1.165, 1.54) is 22.0 Å². The Morgan fingerprint density at radius 2 is 1.92 bits per heavy atom. The molecule has 2 heterocycles. The highest BCUT2D eigenvalue weighted by molar-refractivity contribution is 7.98. The summed E-state index contributed by atoms with van der Waals surface area (Å²) in [5.74, 6) is 2.00. The van der Waals surface area contributed by atoms with Gasteiger partial charge < -0.3 is 10.3 Å². The number of benzene rings is 2. The van der Waals surface area contributed by atoms with Gasteiger partial charge in [0.05, 0.1) is 0 Å². The van der Waals surface area contributed by atoms with Crippen LogP contribution in [-0.2, 0) is 5.75 Å². The third kappa shape index (κ3) is 4.02. The monoisotopic (exact) mass is 366 g/mol. The van der Waals surface area contributed by atoms with Gasteiger partial charge in [-0.05, 0) is 53.5 Å². The number of para-hydroxylation sites is 1. The van der Waals surface area contributed by atoms with E-state index in [2.05, 4.69) is 46.8 Å². The van der Waals surface area contributed by atoms with Gasteiger partial charge in [-0.15, -0.1) is 0 Å². The van der Waals surface area contributed by atoms with Crippen LogP contribution in [-0.4, -0.2) is 23.3 Å². The van der Waals surface area contributed by atoms with Crippen molar-refractivity contribution in [3.05, 3.63) is 77.7 Å². The van der Waals surface area contributed by atoms with Gasteiger partial charge >= 0.3 is 0 Å². The minimum Gasteiger partial charge on any atom is -0.361 e. The van der Waals surface area contributed by atoms with Gasteiger partial charge in [0.15, 0.2) is 0 Å². The molecule has 0 fully saturated rings. The average Bonchev–Trinajstić information content (AvgIpc) is 3.09. The summed E-state index contributed by atoms with van der Waals surface area (Å²) < 4.78 is 13.1. The Hall–Kier alpha value is -2.04. The fourth-order valence-electron chi connectivity index (χ4n) is 3.53. The molecule has 2 aromatic carbocycles. The van der Waals surface area contributed by atoms with Gasteiger partial charge in [0.25, 0.3) is 0 Å². The van der Waals surface area contributed by atoms with Gasteiger partial charge in [-0.3, -0.25) is 0 Å². The van der Waals surface area contributed by atoms with Gasteiger partial charge in [-0.1, -0.05) is 36.4 Å². The largest absolute Gasteiger partial charge is 0.361 e. The molecule has 4 rings (SSSR count). The number of H-pyrrole nitrogens is 1. The standard InChI is InChI=1S/C22H23FN2S/c23-19-7-5-16(6-8-19)17-9-11-24-20(13-17)10-12-26-15-18-14-25-22-4-2-1-3-21(18)22/h1-9,14,20,24-25H,10-13,15H2. The van der Waals surface area contributed by atoms with Crippen LogP contribution in [0.5, 0.6) is 0 Å². The van der Waals surface area contributed by atoms with Crippen LogP contribution in [0.3, 0.4) is 0 Å². The van der Waals surface area contributed by atoms with E-state index in [4.69, 9.17) is 0 Å². The maximum Gasteiger partial charge on any atom is 0.123 e. The molecule has 0 spiro atoms. The number of hydrogen-bond donors (Lipinski definition) is 2. The highest BCUT2D eigenvalue weighted by Gasteiger charge is 2.16.